The first-order chi connectivity index (χ1) is 18.0. The van der Waals surface area contributed by atoms with Gasteiger partial charge in [0.1, 0.15) is 5.69 Å². The van der Waals surface area contributed by atoms with Crippen LogP contribution in [0, 0.1) is 0 Å². The van der Waals surface area contributed by atoms with Gasteiger partial charge in [-0.2, -0.15) is 5.10 Å². The molecule has 8 nitrogen and oxygen atoms in total. The van der Waals surface area contributed by atoms with Gasteiger partial charge in [-0.1, -0.05) is 53.8 Å². The minimum Gasteiger partial charge on any atom is -0.380 e. The summed E-state index contributed by atoms with van der Waals surface area (Å²) in [6, 6.07) is 20.4. The van der Waals surface area contributed by atoms with Gasteiger partial charge in [-0.25, -0.2) is 9.67 Å². The molecule has 0 saturated heterocycles. The van der Waals surface area contributed by atoms with Gasteiger partial charge in [0, 0.05) is 36.9 Å². The van der Waals surface area contributed by atoms with Gasteiger partial charge in [-0.05, 0) is 44.5 Å². The smallest absolute Gasteiger partial charge is 0.267 e. The number of thiazole rings is 1. The van der Waals surface area contributed by atoms with Crippen molar-refractivity contribution in [1.29, 1.82) is 0 Å². The molecule has 0 radical (unpaired) electrons. The average Bonchev–Trinajstić information content (AvgIpc) is 3.33. The van der Waals surface area contributed by atoms with E-state index < -0.39 is 0 Å². The molecule has 0 aliphatic rings. The third-order valence-electron chi connectivity index (χ3n) is 5.61. The number of benzene rings is 2. The lowest BCUT2D eigenvalue weighted by atomic mass is 10.1. The van der Waals surface area contributed by atoms with Gasteiger partial charge in [0.25, 0.3) is 11.5 Å². The number of aromatic nitrogens is 3. The highest BCUT2D eigenvalue weighted by molar-refractivity contribution is 7.19. The fourth-order valence-corrected chi connectivity index (χ4v) is 4.67. The van der Waals surface area contributed by atoms with Crippen LogP contribution in [0.5, 0.6) is 0 Å². The van der Waals surface area contributed by atoms with Gasteiger partial charge in [-0.3, -0.25) is 14.9 Å². The van der Waals surface area contributed by atoms with Crippen LogP contribution in [0.1, 0.15) is 42.7 Å². The number of hydrogen-bond donors (Lipinski definition) is 2. The molecule has 0 atom stereocenters. The molecule has 0 fully saturated rings. The quantitative estimate of drug-likeness (QED) is 0.272. The number of anilines is 1. The van der Waals surface area contributed by atoms with Gasteiger partial charge in [0.2, 0.25) is 0 Å². The van der Waals surface area contributed by atoms with Gasteiger partial charge >= 0.3 is 0 Å². The summed E-state index contributed by atoms with van der Waals surface area (Å²) in [5, 5.41) is 11.3. The molecule has 0 bridgehead atoms. The lowest BCUT2D eigenvalue weighted by molar-refractivity contribution is 0.102. The molecule has 2 aromatic heterocycles. The maximum atomic E-state index is 13.0. The van der Waals surface area contributed by atoms with Crippen molar-refractivity contribution < 1.29 is 9.53 Å². The van der Waals surface area contributed by atoms with Gasteiger partial charge in [0.15, 0.2) is 5.13 Å². The molecule has 4 aromatic rings. The van der Waals surface area contributed by atoms with E-state index in [1.54, 1.807) is 6.07 Å². The first-order valence-corrected chi connectivity index (χ1v) is 13.1. The van der Waals surface area contributed by atoms with Crippen LogP contribution >= 0.6 is 11.3 Å². The average molecular weight is 518 g/mol. The van der Waals surface area contributed by atoms with E-state index in [1.165, 1.54) is 22.1 Å². The highest BCUT2D eigenvalue weighted by Crippen LogP contribution is 2.38. The predicted molar refractivity (Wildman–Crippen MR) is 148 cm³/mol. The molecule has 0 spiro atoms. The molecule has 1 amide bonds. The Morgan fingerprint density at radius 2 is 1.81 bits per heavy atom. The van der Waals surface area contributed by atoms with Crippen molar-refractivity contribution in [1.82, 2.24) is 20.1 Å². The van der Waals surface area contributed by atoms with Crippen LogP contribution in [-0.2, 0) is 11.3 Å². The zero-order chi connectivity index (χ0) is 26.2. The van der Waals surface area contributed by atoms with Crippen molar-refractivity contribution in [2.45, 2.75) is 33.4 Å². The number of carbonyl (C=O) groups is 1. The van der Waals surface area contributed by atoms with Crippen molar-refractivity contribution in [2.24, 2.45) is 0 Å². The van der Waals surface area contributed by atoms with E-state index in [1.807, 2.05) is 75.4 Å². The molecular weight excluding hydrogens is 486 g/mol. The third-order valence-corrected chi connectivity index (χ3v) is 6.61. The van der Waals surface area contributed by atoms with E-state index in [0.29, 0.717) is 41.8 Å². The third kappa shape index (κ3) is 6.76. The highest BCUT2D eigenvalue weighted by Gasteiger charge is 2.19. The van der Waals surface area contributed by atoms with Crippen LogP contribution in [-0.4, -0.2) is 40.4 Å². The maximum Gasteiger partial charge on any atom is 0.267 e. The fraction of sp³-hybridized carbons (Fsp3) is 0.286. The first-order valence-electron chi connectivity index (χ1n) is 12.3. The number of carbonyl (C=O) groups excluding carboxylic acids is 1. The zero-order valence-corrected chi connectivity index (χ0v) is 22.0. The number of hydrogen-bond acceptors (Lipinski definition) is 7. The largest absolute Gasteiger partial charge is 0.380 e. The summed E-state index contributed by atoms with van der Waals surface area (Å²) in [7, 11) is 0. The Morgan fingerprint density at radius 3 is 2.51 bits per heavy atom. The fourth-order valence-electron chi connectivity index (χ4n) is 3.72. The normalized spacial score (nSPS) is 11.1. The number of ether oxygens (including phenoxy) is 1. The summed E-state index contributed by atoms with van der Waals surface area (Å²) in [5.74, 6) is -0.240. The van der Waals surface area contributed by atoms with Gasteiger partial charge in [0.05, 0.1) is 23.2 Å². The van der Waals surface area contributed by atoms with Gasteiger partial charge < -0.3 is 10.1 Å². The molecule has 0 aliphatic heterocycles. The standard InChI is InChI=1S/C28H31N5O3S/c1-4-36-17-16-29-18-20-10-12-22(13-11-20)27(35)31-28-30-25(21-8-6-5-7-9-21)26(37-28)23-14-15-24(34)33(32-23)19(2)3/h5-15,19,29H,4,16-18H2,1-3H3,(H,30,31,35). The van der Waals surface area contributed by atoms with Crippen LogP contribution in [0.3, 0.4) is 0 Å². The Hall–Kier alpha value is -3.66. The van der Waals surface area contributed by atoms with Crippen LogP contribution in [0.4, 0.5) is 5.13 Å². The number of amides is 1. The second kappa shape index (κ2) is 12.5. The Labute approximate surface area is 220 Å². The molecule has 0 saturated carbocycles. The lowest BCUT2D eigenvalue weighted by Gasteiger charge is -2.09. The SMILES string of the molecule is CCOCCNCc1ccc(C(=O)Nc2nc(-c3ccccc3)c(-c3ccc(=O)n(C(C)C)n3)s2)cc1. The van der Waals surface area contributed by atoms with Crippen molar-refractivity contribution in [3.63, 3.8) is 0 Å². The molecule has 192 valence electrons. The second-order valence-corrected chi connectivity index (χ2v) is 9.68. The summed E-state index contributed by atoms with van der Waals surface area (Å²) >= 11 is 1.33. The number of nitrogens with zero attached hydrogens (tertiary/aromatic N) is 3. The maximum absolute atomic E-state index is 13.0. The van der Waals surface area contributed by atoms with Crippen LogP contribution in [0.15, 0.2) is 71.5 Å². The highest BCUT2D eigenvalue weighted by atomic mass is 32.1. The van der Waals surface area contributed by atoms with Crippen LogP contribution in [0.2, 0.25) is 0 Å². The summed E-state index contributed by atoms with van der Waals surface area (Å²) in [4.78, 5) is 30.8. The molecule has 0 aliphatic carbocycles. The predicted octanol–water partition coefficient (Wildman–Crippen LogP) is 4.99. The Morgan fingerprint density at radius 1 is 1.05 bits per heavy atom. The second-order valence-electron chi connectivity index (χ2n) is 8.68. The molecule has 37 heavy (non-hydrogen) atoms. The Kier molecular flexibility index (Phi) is 8.95. The monoisotopic (exact) mass is 517 g/mol. The Balaban J connectivity index is 1.55. The Bertz CT molecular complexity index is 1380. The van der Waals surface area contributed by atoms with Gasteiger partial charge in [-0.15, -0.1) is 0 Å². The molecule has 2 aromatic carbocycles. The van der Waals surface area contributed by atoms with E-state index in [2.05, 4.69) is 15.7 Å². The van der Waals surface area contributed by atoms with E-state index in [4.69, 9.17) is 9.72 Å². The molecular formula is C28H31N5O3S. The summed E-state index contributed by atoms with van der Waals surface area (Å²) in [6.07, 6.45) is 0. The minimum atomic E-state index is -0.240. The minimum absolute atomic E-state index is 0.0810. The molecule has 0 unspecified atom stereocenters. The van der Waals surface area contributed by atoms with Crippen molar-refractivity contribution in [3.05, 3.63) is 88.2 Å². The van der Waals surface area contributed by atoms with E-state index in [-0.39, 0.29) is 17.5 Å². The van der Waals surface area contributed by atoms with Crippen LogP contribution in [0.25, 0.3) is 21.8 Å². The van der Waals surface area contributed by atoms with E-state index >= 15 is 0 Å². The van der Waals surface area contributed by atoms with Crippen molar-refractivity contribution in [2.75, 3.05) is 25.1 Å². The summed E-state index contributed by atoms with van der Waals surface area (Å²) < 4.78 is 6.78. The lowest BCUT2D eigenvalue weighted by Crippen LogP contribution is -2.23. The molecule has 2 N–H and O–H groups in total. The first kappa shape index (κ1) is 26.4. The summed E-state index contributed by atoms with van der Waals surface area (Å²) in [6.45, 7) is 8.66. The molecule has 2 heterocycles. The number of rotatable bonds is 11. The zero-order valence-electron chi connectivity index (χ0n) is 21.2. The van der Waals surface area contributed by atoms with Crippen LogP contribution < -0.4 is 16.2 Å². The summed E-state index contributed by atoms with van der Waals surface area (Å²) in [5.41, 5.74) is 3.71. The number of nitrogens with one attached hydrogen (secondary N) is 2. The van der Waals surface area contributed by atoms with E-state index in [9.17, 15) is 9.59 Å². The molecule has 4 rings (SSSR count). The van der Waals surface area contributed by atoms with Crippen molar-refractivity contribution >= 4 is 22.4 Å². The topological polar surface area (TPSA) is 98.1 Å². The van der Waals surface area contributed by atoms with Crippen molar-refractivity contribution in [3.8, 4) is 21.8 Å². The molecule has 9 heteroatoms. The van der Waals surface area contributed by atoms with E-state index in [0.717, 1.165) is 22.5 Å².